The smallest absolute Gasteiger partial charge is 0.268 e. The van der Waals surface area contributed by atoms with Gasteiger partial charge in [-0.3, -0.25) is 4.79 Å². The molecule has 1 amide bonds. The Labute approximate surface area is 193 Å². The first-order valence-corrected chi connectivity index (χ1v) is 11.5. The number of fused-ring (bicyclic) bond motifs is 2. The predicted molar refractivity (Wildman–Crippen MR) is 130 cm³/mol. The average Bonchev–Trinajstić information content (AvgIpc) is 3.01. The number of hydrogen-bond acceptors (Lipinski definition) is 2. The lowest BCUT2D eigenvalue weighted by atomic mass is 9.98. The van der Waals surface area contributed by atoms with Crippen molar-refractivity contribution < 1.29 is 4.79 Å². The molecular weight excluding hydrogens is 427 g/mol. The van der Waals surface area contributed by atoms with Gasteiger partial charge in [-0.15, -0.1) is 0 Å². The van der Waals surface area contributed by atoms with E-state index in [0.29, 0.717) is 22.1 Å². The molecule has 4 rings (SSSR count). The van der Waals surface area contributed by atoms with Crippen LogP contribution in [0.15, 0.2) is 52.6 Å². The average molecular weight is 453 g/mol. The number of benzene rings is 2. The maximum atomic E-state index is 12.8. The summed E-state index contributed by atoms with van der Waals surface area (Å²) in [7, 11) is 0. The highest BCUT2D eigenvalue weighted by Gasteiger charge is 2.21. The summed E-state index contributed by atoms with van der Waals surface area (Å²) in [5.74, 6) is -0.254. The van der Waals surface area contributed by atoms with E-state index in [0.717, 1.165) is 48.8 Å². The number of carbonyl (C=O) groups excluding carboxylic acids is 1. The van der Waals surface area contributed by atoms with Crippen molar-refractivity contribution >= 4 is 45.4 Å². The summed E-state index contributed by atoms with van der Waals surface area (Å²) >= 11 is 13.4. The van der Waals surface area contributed by atoms with Crippen LogP contribution in [-0.2, 0) is 17.6 Å². The van der Waals surface area contributed by atoms with Crippen molar-refractivity contribution in [2.45, 2.75) is 52.4 Å². The molecule has 2 aliphatic carbocycles. The Hall–Kier alpha value is -2.36. The van der Waals surface area contributed by atoms with E-state index >= 15 is 0 Å². The lowest BCUT2D eigenvalue weighted by molar-refractivity contribution is -0.117. The number of carbonyl (C=O) groups is 1. The van der Waals surface area contributed by atoms with Gasteiger partial charge < -0.3 is 0 Å². The SMILES string of the molecule is Cc1cc2c(cc1C)C(Cl)=C(/C=N\NC(=O)C1=C(Cl)c3ccccc3CCC1)CCC2. The molecule has 0 aromatic heterocycles. The standard InChI is InChI=1S/C26H26Cl2N2O/c1-16-13-19-9-5-10-20(24(27)23(19)14-17(16)2)15-29-30-26(31)22-12-6-8-18-7-3-4-11-21(18)25(22)28/h3-4,7,11,13-15H,5-6,8-10,12H2,1-2H3,(H,30,31)/b29-15-. The van der Waals surface area contributed by atoms with Crippen molar-refractivity contribution in [1.82, 2.24) is 5.43 Å². The molecule has 1 N–H and O–H groups in total. The number of amides is 1. The monoisotopic (exact) mass is 452 g/mol. The first-order chi connectivity index (χ1) is 15.0. The Morgan fingerprint density at radius 1 is 0.903 bits per heavy atom. The van der Waals surface area contributed by atoms with Gasteiger partial charge in [0.1, 0.15) is 0 Å². The van der Waals surface area contributed by atoms with Crippen molar-refractivity contribution in [3.63, 3.8) is 0 Å². The van der Waals surface area contributed by atoms with E-state index < -0.39 is 0 Å². The number of nitrogens with one attached hydrogen (secondary N) is 1. The molecule has 0 saturated carbocycles. The lowest BCUT2D eigenvalue weighted by Crippen LogP contribution is -2.20. The maximum Gasteiger partial charge on any atom is 0.268 e. The van der Waals surface area contributed by atoms with E-state index in [-0.39, 0.29) is 5.91 Å². The van der Waals surface area contributed by atoms with E-state index in [9.17, 15) is 4.79 Å². The molecule has 2 aliphatic rings. The van der Waals surface area contributed by atoms with Crippen molar-refractivity contribution in [3.05, 3.63) is 80.9 Å². The van der Waals surface area contributed by atoms with Crippen LogP contribution in [-0.4, -0.2) is 12.1 Å². The summed E-state index contributed by atoms with van der Waals surface area (Å²) in [6, 6.07) is 12.4. The van der Waals surface area contributed by atoms with Crippen LogP contribution in [0.3, 0.4) is 0 Å². The van der Waals surface area contributed by atoms with E-state index in [4.69, 9.17) is 23.2 Å². The molecule has 0 atom stereocenters. The van der Waals surface area contributed by atoms with Crippen LogP contribution in [0.25, 0.3) is 10.1 Å². The Kier molecular flexibility index (Phi) is 6.64. The van der Waals surface area contributed by atoms with Gasteiger partial charge in [-0.2, -0.15) is 5.10 Å². The second kappa shape index (κ2) is 9.42. The van der Waals surface area contributed by atoms with E-state index in [1.807, 2.05) is 18.2 Å². The molecule has 0 fully saturated rings. The van der Waals surface area contributed by atoms with Gasteiger partial charge in [0.25, 0.3) is 5.91 Å². The zero-order valence-corrected chi connectivity index (χ0v) is 19.4. The number of aryl methyl sites for hydroxylation is 4. The summed E-state index contributed by atoms with van der Waals surface area (Å²) in [5.41, 5.74) is 11.2. The van der Waals surface area contributed by atoms with Crippen molar-refractivity contribution in [2.24, 2.45) is 5.10 Å². The van der Waals surface area contributed by atoms with Crippen LogP contribution >= 0.6 is 23.2 Å². The summed E-state index contributed by atoms with van der Waals surface area (Å²) in [4.78, 5) is 12.8. The van der Waals surface area contributed by atoms with Gasteiger partial charge in [-0.05, 0) is 97.4 Å². The Balaban J connectivity index is 1.55. The third-order valence-electron chi connectivity index (χ3n) is 6.18. The van der Waals surface area contributed by atoms with Gasteiger partial charge in [0.15, 0.2) is 0 Å². The molecule has 5 heteroatoms. The minimum Gasteiger partial charge on any atom is -0.268 e. The highest BCUT2D eigenvalue weighted by Crippen LogP contribution is 2.35. The van der Waals surface area contributed by atoms with E-state index in [2.05, 4.69) is 42.6 Å². The zero-order valence-electron chi connectivity index (χ0n) is 17.9. The molecule has 31 heavy (non-hydrogen) atoms. The highest BCUT2D eigenvalue weighted by atomic mass is 35.5. The third-order valence-corrected chi connectivity index (χ3v) is 7.06. The molecular formula is C26H26Cl2N2O. The molecule has 2 aromatic carbocycles. The van der Waals surface area contributed by atoms with Gasteiger partial charge in [0.2, 0.25) is 0 Å². The first kappa shape index (κ1) is 21.9. The fourth-order valence-electron chi connectivity index (χ4n) is 4.29. The van der Waals surface area contributed by atoms with E-state index in [1.165, 1.54) is 22.3 Å². The largest absolute Gasteiger partial charge is 0.268 e. The lowest BCUT2D eigenvalue weighted by Gasteiger charge is -2.10. The molecule has 0 aliphatic heterocycles. The van der Waals surface area contributed by atoms with Gasteiger partial charge in [-0.25, -0.2) is 5.43 Å². The first-order valence-electron chi connectivity index (χ1n) is 10.7. The van der Waals surface area contributed by atoms with Crippen LogP contribution in [0.2, 0.25) is 0 Å². The number of rotatable bonds is 3. The van der Waals surface area contributed by atoms with Gasteiger partial charge in [-0.1, -0.05) is 53.5 Å². The Morgan fingerprint density at radius 3 is 2.45 bits per heavy atom. The van der Waals surface area contributed by atoms with Gasteiger partial charge >= 0.3 is 0 Å². The molecule has 3 nitrogen and oxygen atoms in total. The predicted octanol–water partition coefficient (Wildman–Crippen LogP) is 6.68. The van der Waals surface area contributed by atoms with Crippen molar-refractivity contribution in [3.8, 4) is 0 Å². The van der Waals surface area contributed by atoms with Crippen LogP contribution in [0.4, 0.5) is 0 Å². The number of nitrogens with zero attached hydrogens (tertiary/aromatic N) is 1. The number of hydrogen-bond donors (Lipinski definition) is 1. The number of allylic oxidation sites excluding steroid dienone is 1. The summed E-state index contributed by atoms with van der Waals surface area (Å²) in [6.07, 6.45) is 6.91. The molecule has 0 heterocycles. The molecule has 160 valence electrons. The van der Waals surface area contributed by atoms with Crippen LogP contribution in [0, 0.1) is 13.8 Å². The molecule has 0 spiro atoms. The van der Waals surface area contributed by atoms with Gasteiger partial charge in [0.05, 0.1) is 16.3 Å². The minimum absolute atomic E-state index is 0.254. The normalized spacial score (nSPS) is 16.6. The van der Waals surface area contributed by atoms with Crippen molar-refractivity contribution in [1.29, 1.82) is 0 Å². The highest BCUT2D eigenvalue weighted by molar-refractivity contribution is 6.51. The molecule has 0 radical (unpaired) electrons. The summed E-state index contributed by atoms with van der Waals surface area (Å²) in [5, 5.41) is 5.47. The quantitative estimate of drug-likeness (QED) is 0.409. The topological polar surface area (TPSA) is 41.5 Å². The summed E-state index contributed by atoms with van der Waals surface area (Å²) < 4.78 is 0. The van der Waals surface area contributed by atoms with Crippen LogP contribution in [0.5, 0.6) is 0 Å². The second-order valence-corrected chi connectivity index (χ2v) is 9.04. The van der Waals surface area contributed by atoms with Crippen molar-refractivity contribution in [2.75, 3.05) is 0 Å². The third kappa shape index (κ3) is 4.63. The fourth-order valence-corrected chi connectivity index (χ4v) is 4.97. The number of hydrazone groups is 1. The molecule has 0 unspecified atom stereocenters. The molecule has 2 aromatic rings. The Morgan fingerprint density at radius 2 is 1.61 bits per heavy atom. The van der Waals surface area contributed by atoms with E-state index in [1.54, 1.807) is 6.21 Å². The van der Waals surface area contributed by atoms with Gasteiger partial charge in [0, 0.05) is 5.57 Å². The number of halogens is 2. The van der Waals surface area contributed by atoms with Crippen LogP contribution < -0.4 is 5.43 Å². The van der Waals surface area contributed by atoms with Crippen LogP contribution in [0.1, 0.15) is 59.1 Å². The molecule has 0 bridgehead atoms. The Bertz CT molecular complexity index is 1130. The summed E-state index contributed by atoms with van der Waals surface area (Å²) in [6.45, 7) is 4.22. The fraction of sp³-hybridized carbons (Fsp3) is 0.308. The second-order valence-electron chi connectivity index (χ2n) is 8.29. The maximum absolute atomic E-state index is 12.8. The minimum atomic E-state index is -0.254. The zero-order chi connectivity index (χ0) is 22.0. The molecule has 0 saturated heterocycles.